The number of nitrogens with one attached hydrogen (secondary N) is 1. The zero-order chi connectivity index (χ0) is 13.4. The molecule has 4 heteroatoms. The molecule has 3 nitrogen and oxygen atoms in total. The lowest BCUT2D eigenvalue weighted by Crippen LogP contribution is -2.17. The molecular formula is C14H22ClNO2. The van der Waals surface area contributed by atoms with E-state index < -0.39 is 0 Å². The summed E-state index contributed by atoms with van der Waals surface area (Å²) < 4.78 is 10.5. The van der Waals surface area contributed by atoms with Crippen molar-refractivity contribution >= 4 is 11.6 Å². The summed E-state index contributed by atoms with van der Waals surface area (Å²) in [7, 11) is 3.29. The number of hydrogen-bond acceptors (Lipinski definition) is 3. The van der Waals surface area contributed by atoms with E-state index in [4.69, 9.17) is 21.1 Å². The van der Waals surface area contributed by atoms with E-state index in [1.54, 1.807) is 14.2 Å². The summed E-state index contributed by atoms with van der Waals surface area (Å²) in [6.45, 7) is 3.84. The molecule has 18 heavy (non-hydrogen) atoms. The Labute approximate surface area is 114 Å². The molecule has 1 rings (SSSR count). The van der Waals surface area contributed by atoms with Gasteiger partial charge in [0.2, 0.25) is 0 Å². The number of ether oxygens (including phenoxy) is 2. The van der Waals surface area contributed by atoms with E-state index in [1.807, 2.05) is 18.2 Å². The number of methoxy groups -OCH3 is 2. The molecule has 0 aromatic heterocycles. The van der Waals surface area contributed by atoms with E-state index in [1.165, 1.54) is 5.56 Å². The fourth-order valence-corrected chi connectivity index (χ4v) is 1.80. The molecule has 0 amide bonds. The lowest BCUT2D eigenvalue weighted by Gasteiger charge is -2.11. The topological polar surface area (TPSA) is 30.5 Å². The molecule has 1 aromatic rings. The minimum absolute atomic E-state index is 0.267. The van der Waals surface area contributed by atoms with Gasteiger partial charge in [-0.15, -0.1) is 11.6 Å². The zero-order valence-corrected chi connectivity index (χ0v) is 12.1. The molecule has 0 aliphatic heterocycles. The lowest BCUT2D eigenvalue weighted by atomic mass is 10.2. The third-order valence-corrected chi connectivity index (χ3v) is 3.38. The molecule has 1 atom stereocenters. The van der Waals surface area contributed by atoms with Crippen LogP contribution in [0.4, 0.5) is 0 Å². The van der Waals surface area contributed by atoms with Gasteiger partial charge in [-0.1, -0.05) is 13.0 Å². The third-order valence-electron chi connectivity index (χ3n) is 2.85. The van der Waals surface area contributed by atoms with E-state index >= 15 is 0 Å². The Morgan fingerprint density at radius 3 is 2.56 bits per heavy atom. The first-order chi connectivity index (χ1) is 8.71. The van der Waals surface area contributed by atoms with E-state index in [9.17, 15) is 0 Å². The Kier molecular flexibility index (Phi) is 6.91. The van der Waals surface area contributed by atoms with Gasteiger partial charge >= 0.3 is 0 Å². The Morgan fingerprint density at radius 2 is 1.94 bits per heavy atom. The first-order valence-corrected chi connectivity index (χ1v) is 6.70. The Balaban J connectivity index is 2.43. The van der Waals surface area contributed by atoms with Crippen LogP contribution in [0, 0.1) is 0 Å². The summed E-state index contributed by atoms with van der Waals surface area (Å²) in [5.41, 5.74) is 1.18. The molecule has 0 aliphatic rings. The van der Waals surface area contributed by atoms with E-state index in [-0.39, 0.29) is 5.38 Å². The molecule has 1 aromatic carbocycles. The number of benzene rings is 1. The highest BCUT2D eigenvalue weighted by molar-refractivity contribution is 6.20. The van der Waals surface area contributed by atoms with Crippen molar-refractivity contribution in [2.45, 2.75) is 31.7 Å². The van der Waals surface area contributed by atoms with Crippen molar-refractivity contribution < 1.29 is 9.47 Å². The van der Waals surface area contributed by atoms with Crippen molar-refractivity contribution in [3.63, 3.8) is 0 Å². The fraction of sp³-hybridized carbons (Fsp3) is 0.571. The maximum atomic E-state index is 6.06. The van der Waals surface area contributed by atoms with Crippen LogP contribution in [-0.4, -0.2) is 26.1 Å². The van der Waals surface area contributed by atoms with Crippen LogP contribution in [0.5, 0.6) is 11.5 Å². The van der Waals surface area contributed by atoms with Crippen molar-refractivity contribution in [3.05, 3.63) is 23.8 Å². The van der Waals surface area contributed by atoms with Crippen LogP contribution in [0.2, 0.25) is 0 Å². The predicted octanol–water partition coefficient (Wildman–Crippen LogP) is 3.20. The quantitative estimate of drug-likeness (QED) is 0.582. The molecule has 1 N–H and O–H groups in total. The Hall–Kier alpha value is -0.930. The van der Waals surface area contributed by atoms with Crippen LogP contribution in [0.1, 0.15) is 25.3 Å². The third kappa shape index (κ3) is 4.75. The first kappa shape index (κ1) is 15.1. The van der Waals surface area contributed by atoms with Crippen LogP contribution in [0.15, 0.2) is 18.2 Å². The van der Waals surface area contributed by atoms with Gasteiger partial charge in [0.1, 0.15) is 0 Å². The van der Waals surface area contributed by atoms with Crippen LogP contribution in [0.3, 0.4) is 0 Å². The van der Waals surface area contributed by atoms with E-state index in [0.29, 0.717) is 0 Å². The highest BCUT2D eigenvalue weighted by Crippen LogP contribution is 2.27. The predicted molar refractivity (Wildman–Crippen MR) is 75.8 cm³/mol. The zero-order valence-electron chi connectivity index (χ0n) is 11.3. The SMILES string of the molecule is CCC(Cl)CCNCc1ccc(OC)c(OC)c1. The number of rotatable bonds is 8. The number of alkyl halides is 1. The van der Waals surface area contributed by atoms with Crippen molar-refractivity contribution in [2.75, 3.05) is 20.8 Å². The van der Waals surface area contributed by atoms with Gasteiger partial charge < -0.3 is 14.8 Å². The number of halogens is 1. The Bertz CT molecular complexity index is 358. The van der Waals surface area contributed by atoms with E-state index in [0.717, 1.165) is 37.4 Å². The Morgan fingerprint density at radius 1 is 1.22 bits per heavy atom. The standard InChI is InChI=1S/C14H22ClNO2/c1-4-12(15)7-8-16-10-11-5-6-13(17-2)14(9-11)18-3/h5-6,9,12,16H,4,7-8,10H2,1-3H3. The summed E-state index contributed by atoms with van der Waals surface area (Å²) in [6, 6.07) is 5.95. The van der Waals surface area contributed by atoms with Gasteiger partial charge in [0.25, 0.3) is 0 Å². The fourth-order valence-electron chi connectivity index (χ4n) is 1.69. The van der Waals surface area contributed by atoms with Gasteiger partial charge in [-0.05, 0) is 37.1 Å². The second kappa shape index (κ2) is 8.22. The van der Waals surface area contributed by atoms with Crippen molar-refractivity contribution in [3.8, 4) is 11.5 Å². The highest BCUT2D eigenvalue weighted by atomic mass is 35.5. The van der Waals surface area contributed by atoms with Gasteiger partial charge in [0, 0.05) is 11.9 Å². The van der Waals surface area contributed by atoms with Crippen LogP contribution < -0.4 is 14.8 Å². The minimum Gasteiger partial charge on any atom is -0.493 e. The largest absolute Gasteiger partial charge is 0.493 e. The molecule has 0 saturated carbocycles. The first-order valence-electron chi connectivity index (χ1n) is 6.27. The molecule has 0 fully saturated rings. The molecule has 0 aliphatic carbocycles. The monoisotopic (exact) mass is 271 g/mol. The van der Waals surface area contributed by atoms with Crippen LogP contribution in [0.25, 0.3) is 0 Å². The van der Waals surface area contributed by atoms with Crippen LogP contribution >= 0.6 is 11.6 Å². The lowest BCUT2D eigenvalue weighted by molar-refractivity contribution is 0.354. The second-order valence-corrected chi connectivity index (χ2v) is 4.78. The summed E-state index contributed by atoms with van der Waals surface area (Å²) >= 11 is 6.06. The van der Waals surface area contributed by atoms with E-state index in [2.05, 4.69) is 12.2 Å². The minimum atomic E-state index is 0.267. The molecule has 0 bridgehead atoms. The summed E-state index contributed by atoms with van der Waals surface area (Å²) in [5, 5.41) is 3.64. The van der Waals surface area contributed by atoms with Gasteiger partial charge in [-0.2, -0.15) is 0 Å². The average Bonchev–Trinajstić information content (AvgIpc) is 2.42. The van der Waals surface area contributed by atoms with Crippen molar-refractivity contribution in [2.24, 2.45) is 0 Å². The molecular weight excluding hydrogens is 250 g/mol. The molecule has 1 unspecified atom stereocenters. The summed E-state index contributed by atoms with van der Waals surface area (Å²) in [4.78, 5) is 0. The van der Waals surface area contributed by atoms with Crippen molar-refractivity contribution in [1.29, 1.82) is 0 Å². The molecule has 102 valence electrons. The van der Waals surface area contributed by atoms with Crippen LogP contribution in [-0.2, 0) is 6.54 Å². The molecule has 0 spiro atoms. The maximum absolute atomic E-state index is 6.06. The van der Waals surface area contributed by atoms with Crippen molar-refractivity contribution in [1.82, 2.24) is 5.32 Å². The van der Waals surface area contributed by atoms with Gasteiger partial charge in [0.05, 0.1) is 14.2 Å². The van der Waals surface area contributed by atoms with Gasteiger partial charge in [-0.25, -0.2) is 0 Å². The molecule has 0 saturated heterocycles. The number of hydrogen-bond donors (Lipinski definition) is 1. The molecule has 0 radical (unpaired) electrons. The second-order valence-electron chi connectivity index (χ2n) is 4.16. The average molecular weight is 272 g/mol. The smallest absolute Gasteiger partial charge is 0.161 e. The van der Waals surface area contributed by atoms with Gasteiger partial charge in [-0.3, -0.25) is 0 Å². The normalized spacial score (nSPS) is 12.2. The summed E-state index contributed by atoms with van der Waals surface area (Å²) in [5.74, 6) is 1.52. The highest BCUT2D eigenvalue weighted by Gasteiger charge is 2.04. The maximum Gasteiger partial charge on any atom is 0.161 e. The summed E-state index contributed by atoms with van der Waals surface area (Å²) in [6.07, 6.45) is 2.00. The van der Waals surface area contributed by atoms with Gasteiger partial charge in [0.15, 0.2) is 11.5 Å². The molecule has 0 heterocycles.